The van der Waals surface area contributed by atoms with Crippen LogP contribution in [0, 0.1) is 5.92 Å². The lowest BCUT2D eigenvalue weighted by Gasteiger charge is -2.16. The molecule has 1 rings (SSSR count). The van der Waals surface area contributed by atoms with E-state index in [4.69, 9.17) is 5.73 Å². The molecule has 1 unspecified atom stereocenters. The Labute approximate surface area is 83.8 Å². The van der Waals surface area contributed by atoms with E-state index in [0.717, 1.165) is 18.7 Å². The molecule has 0 saturated carbocycles. The van der Waals surface area contributed by atoms with Gasteiger partial charge in [0.1, 0.15) is 5.37 Å². The second-order valence-electron chi connectivity index (χ2n) is 3.84. The molecule has 76 valence electrons. The Morgan fingerprint density at radius 1 is 1.69 bits per heavy atom. The molecule has 1 fully saturated rings. The van der Waals surface area contributed by atoms with Crippen molar-refractivity contribution in [2.75, 3.05) is 12.3 Å². The van der Waals surface area contributed by atoms with Crippen LogP contribution in [-0.2, 0) is 4.79 Å². The van der Waals surface area contributed by atoms with Crippen molar-refractivity contribution in [3.05, 3.63) is 0 Å². The minimum absolute atomic E-state index is 0.0475. The number of nitrogens with two attached hydrogens (primary N) is 1. The zero-order chi connectivity index (χ0) is 9.84. The van der Waals surface area contributed by atoms with Crippen LogP contribution in [0.1, 0.15) is 20.3 Å². The zero-order valence-electron chi connectivity index (χ0n) is 8.25. The fourth-order valence-electron chi connectivity index (χ4n) is 1.43. The first-order valence-electron chi connectivity index (χ1n) is 4.75. The summed E-state index contributed by atoms with van der Waals surface area (Å²) in [6.07, 6.45) is 0.789. The number of nitrogens with one attached hydrogen (secondary N) is 1. The molecule has 0 spiro atoms. The van der Waals surface area contributed by atoms with Gasteiger partial charge in [-0.25, -0.2) is 0 Å². The quantitative estimate of drug-likeness (QED) is 0.700. The van der Waals surface area contributed by atoms with Crippen molar-refractivity contribution >= 4 is 17.5 Å². The average molecular weight is 202 g/mol. The molecule has 1 saturated heterocycles. The first-order chi connectivity index (χ1) is 6.11. The van der Waals surface area contributed by atoms with Gasteiger partial charge in [0.15, 0.2) is 5.78 Å². The third-order valence-electron chi connectivity index (χ3n) is 2.07. The van der Waals surface area contributed by atoms with E-state index in [-0.39, 0.29) is 17.2 Å². The monoisotopic (exact) mass is 202 g/mol. The number of carbonyl (C=O) groups excluding carboxylic acids is 1. The van der Waals surface area contributed by atoms with Gasteiger partial charge in [-0.2, -0.15) is 0 Å². The molecule has 0 aromatic rings. The van der Waals surface area contributed by atoms with Gasteiger partial charge in [-0.05, 0) is 12.3 Å². The van der Waals surface area contributed by atoms with Crippen molar-refractivity contribution in [3.8, 4) is 0 Å². The molecular formula is C9H18N2OS. The topological polar surface area (TPSA) is 55.1 Å². The third-order valence-corrected chi connectivity index (χ3v) is 3.24. The van der Waals surface area contributed by atoms with Crippen LogP contribution in [0.2, 0.25) is 0 Å². The number of hydrogen-bond donors (Lipinski definition) is 2. The summed E-state index contributed by atoms with van der Waals surface area (Å²) in [5.74, 6) is 1.67. The fourth-order valence-corrected chi connectivity index (χ4v) is 2.47. The third kappa shape index (κ3) is 3.29. The van der Waals surface area contributed by atoms with E-state index in [9.17, 15) is 4.79 Å². The van der Waals surface area contributed by atoms with Gasteiger partial charge in [0, 0.05) is 12.3 Å². The summed E-state index contributed by atoms with van der Waals surface area (Å²) in [6.45, 7) is 5.10. The lowest BCUT2D eigenvalue weighted by Crippen LogP contribution is -2.42. The van der Waals surface area contributed by atoms with Crippen molar-refractivity contribution in [2.45, 2.75) is 31.7 Å². The maximum absolute atomic E-state index is 11.7. The summed E-state index contributed by atoms with van der Waals surface area (Å²) >= 11 is 1.67. The van der Waals surface area contributed by atoms with Gasteiger partial charge < -0.3 is 5.73 Å². The second kappa shape index (κ2) is 4.98. The standard InChI is InChI=1S/C9H18N2OS/c1-6(2)5-7(10)8(12)9-11-3-4-13-9/h6-7,9,11H,3-5,10H2,1-2H3/t7-,9?/m0/s1. The van der Waals surface area contributed by atoms with Crippen LogP contribution in [0.3, 0.4) is 0 Å². The van der Waals surface area contributed by atoms with Crippen molar-refractivity contribution < 1.29 is 4.79 Å². The molecule has 0 bridgehead atoms. The summed E-state index contributed by atoms with van der Waals surface area (Å²) in [7, 11) is 0. The van der Waals surface area contributed by atoms with Crippen LogP contribution in [0.25, 0.3) is 0 Å². The largest absolute Gasteiger partial charge is 0.321 e. The number of thioether (sulfide) groups is 1. The SMILES string of the molecule is CC(C)C[C@H](N)C(=O)C1NCCS1. The molecule has 1 aliphatic rings. The maximum atomic E-state index is 11.7. The minimum Gasteiger partial charge on any atom is -0.321 e. The lowest BCUT2D eigenvalue weighted by atomic mass is 10.0. The smallest absolute Gasteiger partial charge is 0.176 e. The minimum atomic E-state index is -0.289. The van der Waals surface area contributed by atoms with Gasteiger partial charge in [0.25, 0.3) is 0 Å². The molecule has 0 radical (unpaired) electrons. The van der Waals surface area contributed by atoms with Crippen LogP contribution in [0.4, 0.5) is 0 Å². The van der Waals surface area contributed by atoms with Gasteiger partial charge in [-0.15, -0.1) is 11.8 Å². The Bertz CT molecular complexity index is 178. The van der Waals surface area contributed by atoms with Crippen molar-refractivity contribution in [1.82, 2.24) is 5.32 Å². The molecular weight excluding hydrogens is 184 g/mol. The van der Waals surface area contributed by atoms with Crippen LogP contribution in [-0.4, -0.2) is 29.5 Å². The Balaban J connectivity index is 2.36. The number of Topliss-reactive ketones (excluding diaryl/α,β-unsaturated/α-hetero) is 1. The molecule has 4 heteroatoms. The van der Waals surface area contributed by atoms with E-state index in [2.05, 4.69) is 19.2 Å². The molecule has 3 nitrogen and oxygen atoms in total. The van der Waals surface area contributed by atoms with Gasteiger partial charge in [0.05, 0.1) is 6.04 Å². The number of hydrogen-bond acceptors (Lipinski definition) is 4. The van der Waals surface area contributed by atoms with Crippen molar-refractivity contribution in [2.24, 2.45) is 11.7 Å². The maximum Gasteiger partial charge on any atom is 0.176 e. The van der Waals surface area contributed by atoms with Gasteiger partial charge in [-0.1, -0.05) is 13.8 Å². The molecule has 0 amide bonds. The van der Waals surface area contributed by atoms with Gasteiger partial charge >= 0.3 is 0 Å². The van der Waals surface area contributed by atoms with Crippen LogP contribution >= 0.6 is 11.8 Å². The van der Waals surface area contributed by atoms with E-state index >= 15 is 0 Å². The van der Waals surface area contributed by atoms with Gasteiger partial charge in [0.2, 0.25) is 0 Å². The number of rotatable bonds is 4. The highest BCUT2D eigenvalue weighted by Crippen LogP contribution is 2.17. The number of ketones is 1. The summed E-state index contributed by atoms with van der Waals surface area (Å²) in [4.78, 5) is 11.7. The Kier molecular flexibility index (Phi) is 4.22. The Morgan fingerprint density at radius 2 is 2.38 bits per heavy atom. The van der Waals surface area contributed by atoms with Crippen LogP contribution < -0.4 is 11.1 Å². The van der Waals surface area contributed by atoms with E-state index in [0.29, 0.717) is 5.92 Å². The zero-order valence-corrected chi connectivity index (χ0v) is 9.06. The highest BCUT2D eigenvalue weighted by molar-refractivity contribution is 8.00. The Hall–Kier alpha value is -0.0600. The molecule has 0 aliphatic carbocycles. The normalized spacial score (nSPS) is 25.1. The molecule has 0 aromatic heterocycles. The predicted octanol–water partition coefficient (Wildman–Crippen LogP) is 0.591. The van der Waals surface area contributed by atoms with E-state index < -0.39 is 0 Å². The molecule has 13 heavy (non-hydrogen) atoms. The van der Waals surface area contributed by atoms with E-state index in [1.54, 1.807) is 11.8 Å². The molecule has 2 atom stereocenters. The summed E-state index contributed by atoms with van der Waals surface area (Å²) in [5, 5.41) is 3.10. The molecule has 3 N–H and O–H groups in total. The highest BCUT2D eigenvalue weighted by atomic mass is 32.2. The van der Waals surface area contributed by atoms with Crippen molar-refractivity contribution in [3.63, 3.8) is 0 Å². The summed E-state index contributed by atoms with van der Waals surface area (Å²) in [6, 6.07) is -0.289. The van der Waals surface area contributed by atoms with E-state index in [1.807, 2.05) is 0 Å². The van der Waals surface area contributed by atoms with Crippen LogP contribution in [0.15, 0.2) is 0 Å². The fraction of sp³-hybridized carbons (Fsp3) is 0.889. The Morgan fingerprint density at radius 3 is 2.85 bits per heavy atom. The second-order valence-corrected chi connectivity index (χ2v) is 5.06. The van der Waals surface area contributed by atoms with Gasteiger partial charge in [-0.3, -0.25) is 10.1 Å². The summed E-state index contributed by atoms with van der Waals surface area (Å²) in [5.41, 5.74) is 5.80. The van der Waals surface area contributed by atoms with Crippen molar-refractivity contribution in [1.29, 1.82) is 0 Å². The average Bonchev–Trinajstić information content (AvgIpc) is 2.53. The van der Waals surface area contributed by atoms with Crippen LogP contribution in [0.5, 0.6) is 0 Å². The first kappa shape index (κ1) is 11.0. The molecule has 1 aliphatic heterocycles. The van der Waals surface area contributed by atoms with E-state index in [1.165, 1.54) is 0 Å². The molecule has 0 aromatic carbocycles. The first-order valence-corrected chi connectivity index (χ1v) is 5.80. The predicted molar refractivity (Wildman–Crippen MR) is 56.7 cm³/mol. The number of carbonyl (C=O) groups is 1. The lowest BCUT2D eigenvalue weighted by molar-refractivity contribution is -0.120. The highest BCUT2D eigenvalue weighted by Gasteiger charge is 2.27. The molecule has 1 heterocycles. The summed E-state index contributed by atoms with van der Waals surface area (Å²) < 4.78 is 0.